The highest BCUT2D eigenvalue weighted by atomic mass is 32.2. The van der Waals surface area contributed by atoms with E-state index in [0.717, 1.165) is 26.8 Å². The van der Waals surface area contributed by atoms with Crippen molar-refractivity contribution in [3.63, 3.8) is 0 Å². The number of aryl methyl sites for hydroxylation is 1. The molecule has 0 fully saturated rings. The lowest BCUT2D eigenvalue weighted by Gasteiger charge is -2.21. The van der Waals surface area contributed by atoms with Gasteiger partial charge in [0.05, 0.1) is 24.0 Å². The van der Waals surface area contributed by atoms with Crippen molar-refractivity contribution >= 4 is 33.0 Å². The Hall–Kier alpha value is -3.61. The first-order valence-corrected chi connectivity index (χ1v) is 14.5. The van der Waals surface area contributed by atoms with Crippen molar-refractivity contribution in [1.29, 1.82) is 0 Å². The fraction of sp³-hybridized carbons (Fsp3) is 0.308. The minimum Gasteiger partial charge on any atom is -0.419 e. The van der Waals surface area contributed by atoms with Gasteiger partial charge in [-0.25, -0.2) is 13.4 Å². The standard InChI is InChI=1S/C26H30N6O4S2/c1-17-16-37-22(28-17)15-31(3)24(33)20-11-19(12-21(13-20)32(4)38(5,34)35)23-29-30-25(36-23)26(2,27)14-18-9-7-6-8-10-18/h6-13,16H,14-15,27H2,1-5H3/t26-/m1/s1. The van der Waals surface area contributed by atoms with Gasteiger partial charge in [0.15, 0.2) is 0 Å². The largest absolute Gasteiger partial charge is 0.419 e. The number of rotatable bonds is 9. The number of benzene rings is 2. The molecule has 0 aliphatic carbocycles. The second-order valence-corrected chi connectivity index (χ2v) is 12.5. The Morgan fingerprint density at radius 2 is 1.84 bits per heavy atom. The van der Waals surface area contributed by atoms with E-state index in [1.165, 1.54) is 29.4 Å². The van der Waals surface area contributed by atoms with E-state index < -0.39 is 15.6 Å². The first-order valence-electron chi connectivity index (χ1n) is 11.8. The molecule has 4 rings (SSSR count). The van der Waals surface area contributed by atoms with Crippen LogP contribution in [0.4, 0.5) is 5.69 Å². The average Bonchev–Trinajstić information content (AvgIpc) is 3.52. The van der Waals surface area contributed by atoms with Crippen molar-refractivity contribution in [3.05, 3.63) is 81.6 Å². The topological polar surface area (TPSA) is 136 Å². The monoisotopic (exact) mass is 554 g/mol. The molecule has 38 heavy (non-hydrogen) atoms. The molecule has 12 heteroatoms. The summed E-state index contributed by atoms with van der Waals surface area (Å²) in [6.45, 7) is 4.01. The summed E-state index contributed by atoms with van der Waals surface area (Å²) in [7, 11) is -0.518. The van der Waals surface area contributed by atoms with Gasteiger partial charge in [0.2, 0.25) is 21.8 Å². The molecule has 0 spiro atoms. The van der Waals surface area contributed by atoms with Crippen LogP contribution in [-0.2, 0) is 28.5 Å². The highest BCUT2D eigenvalue weighted by Crippen LogP contribution is 2.30. The number of nitrogens with zero attached hydrogens (tertiary/aromatic N) is 5. The van der Waals surface area contributed by atoms with Gasteiger partial charge in [-0.2, -0.15) is 0 Å². The van der Waals surface area contributed by atoms with Gasteiger partial charge in [-0.15, -0.1) is 21.5 Å². The molecular weight excluding hydrogens is 524 g/mol. The number of hydrogen-bond donors (Lipinski definition) is 1. The Morgan fingerprint density at radius 3 is 2.47 bits per heavy atom. The van der Waals surface area contributed by atoms with E-state index in [2.05, 4.69) is 15.2 Å². The average molecular weight is 555 g/mol. The van der Waals surface area contributed by atoms with E-state index in [1.807, 2.05) is 42.6 Å². The van der Waals surface area contributed by atoms with Gasteiger partial charge in [0.1, 0.15) is 5.01 Å². The summed E-state index contributed by atoms with van der Waals surface area (Å²) >= 11 is 1.47. The molecule has 2 N–H and O–H groups in total. The first-order chi connectivity index (χ1) is 17.8. The van der Waals surface area contributed by atoms with E-state index in [0.29, 0.717) is 18.5 Å². The molecule has 2 aromatic heterocycles. The van der Waals surface area contributed by atoms with Gasteiger partial charge in [0, 0.05) is 36.3 Å². The maximum absolute atomic E-state index is 13.4. The SMILES string of the molecule is Cc1csc(CN(C)C(=O)c2cc(-c3nnc([C@](C)(N)Cc4ccccc4)o3)cc(N(C)S(C)(=O)=O)c2)n1. The highest BCUT2D eigenvalue weighted by molar-refractivity contribution is 7.92. The van der Waals surface area contributed by atoms with Crippen molar-refractivity contribution in [3.8, 4) is 11.5 Å². The van der Waals surface area contributed by atoms with Crippen molar-refractivity contribution in [2.75, 3.05) is 24.7 Å². The number of thiazole rings is 1. The number of amides is 1. The van der Waals surface area contributed by atoms with Crippen LogP contribution in [0.3, 0.4) is 0 Å². The summed E-state index contributed by atoms with van der Waals surface area (Å²) in [5, 5.41) is 11.1. The van der Waals surface area contributed by atoms with E-state index in [-0.39, 0.29) is 28.9 Å². The summed E-state index contributed by atoms with van der Waals surface area (Å²) in [5.74, 6) is 0.0402. The smallest absolute Gasteiger partial charge is 0.254 e. The maximum atomic E-state index is 13.4. The number of anilines is 1. The summed E-state index contributed by atoms with van der Waals surface area (Å²) in [4.78, 5) is 19.3. The van der Waals surface area contributed by atoms with Gasteiger partial charge < -0.3 is 15.1 Å². The predicted octanol–water partition coefficient (Wildman–Crippen LogP) is 3.59. The normalized spacial score (nSPS) is 13.2. The summed E-state index contributed by atoms with van der Waals surface area (Å²) in [6.07, 6.45) is 1.56. The quantitative estimate of drug-likeness (QED) is 0.332. The molecule has 1 amide bonds. The molecule has 0 aliphatic heterocycles. The van der Waals surface area contributed by atoms with Crippen LogP contribution in [0, 0.1) is 6.92 Å². The van der Waals surface area contributed by atoms with E-state index in [9.17, 15) is 13.2 Å². The lowest BCUT2D eigenvalue weighted by molar-refractivity contribution is 0.0785. The van der Waals surface area contributed by atoms with Gasteiger partial charge >= 0.3 is 0 Å². The molecule has 0 saturated carbocycles. The number of carbonyl (C=O) groups is 1. The summed E-state index contributed by atoms with van der Waals surface area (Å²) < 4.78 is 31.7. The van der Waals surface area contributed by atoms with E-state index in [1.54, 1.807) is 26.1 Å². The highest BCUT2D eigenvalue weighted by Gasteiger charge is 2.29. The minimum atomic E-state index is -3.60. The number of hydrogen-bond acceptors (Lipinski definition) is 9. The Morgan fingerprint density at radius 1 is 1.13 bits per heavy atom. The molecular formula is C26H30N6O4S2. The van der Waals surface area contributed by atoms with Gasteiger partial charge in [-0.05, 0) is 44.0 Å². The Labute approximate surface area is 226 Å². The molecule has 2 heterocycles. The fourth-order valence-electron chi connectivity index (χ4n) is 3.87. The summed E-state index contributed by atoms with van der Waals surface area (Å²) in [5.41, 5.74) is 8.44. The fourth-order valence-corrected chi connectivity index (χ4v) is 5.18. The Kier molecular flexibility index (Phi) is 7.68. The Bertz CT molecular complexity index is 1550. The van der Waals surface area contributed by atoms with Crippen LogP contribution in [0.25, 0.3) is 11.5 Å². The number of sulfonamides is 1. The molecule has 10 nitrogen and oxygen atoms in total. The zero-order chi connectivity index (χ0) is 27.7. The molecule has 1 atom stereocenters. The molecule has 4 aromatic rings. The summed E-state index contributed by atoms with van der Waals surface area (Å²) in [6, 6.07) is 14.4. The lowest BCUT2D eigenvalue weighted by atomic mass is 9.94. The van der Waals surface area contributed by atoms with E-state index in [4.69, 9.17) is 10.2 Å². The van der Waals surface area contributed by atoms with Crippen molar-refractivity contribution < 1.29 is 17.6 Å². The van der Waals surface area contributed by atoms with Gasteiger partial charge in [-0.3, -0.25) is 9.10 Å². The minimum absolute atomic E-state index is 0.126. The van der Waals surface area contributed by atoms with Crippen LogP contribution in [0.15, 0.2) is 58.3 Å². The molecule has 0 aliphatic rings. The zero-order valence-corrected chi connectivity index (χ0v) is 23.5. The van der Waals surface area contributed by atoms with Gasteiger partial charge in [0.25, 0.3) is 5.91 Å². The second-order valence-electron chi connectivity index (χ2n) is 9.54. The molecule has 2 aromatic carbocycles. The van der Waals surface area contributed by atoms with E-state index >= 15 is 0 Å². The molecule has 0 radical (unpaired) electrons. The maximum Gasteiger partial charge on any atom is 0.254 e. The van der Waals surface area contributed by atoms with Crippen LogP contribution in [0.1, 0.15) is 39.4 Å². The van der Waals surface area contributed by atoms with Crippen molar-refractivity contribution in [2.45, 2.75) is 32.4 Å². The number of nitrogens with two attached hydrogens (primary N) is 1. The van der Waals surface area contributed by atoms with Crippen LogP contribution in [0.2, 0.25) is 0 Å². The zero-order valence-electron chi connectivity index (χ0n) is 21.9. The number of carbonyl (C=O) groups excluding carboxylic acids is 1. The molecule has 0 bridgehead atoms. The predicted molar refractivity (Wildman–Crippen MR) is 147 cm³/mol. The van der Waals surface area contributed by atoms with Crippen LogP contribution in [-0.4, -0.2) is 54.8 Å². The van der Waals surface area contributed by atoms with Crippen molar-refractivity contribution in [1.82, 2.24) is 20.1 Å². The molecule has 0 unspecified atom stereocenters. The third-order valence-corrected chi connectivity index (χ3v) is 8.14. The third kappa shape index (κ3) is 6.26. The molecule has 0 saturated heterocycles. The second kappa shape index (κ2) is 10.6. The first kappa shape index (κ1) is 27.4. The van der Waals surface area contributed by atoms with Crippen molar-refractivity contribution in [2.24, 2.45) is 5.73 Å². The van der Waals surface area contributed by atoms with Gasteiger partial charge in [-0.1, -0.05) is 30.3 Å². The lowest BCUT2D eigenvalue weighted by Crippen LogP contribution is -2.35. The third-order valence-electron chi connectivity index (χ3n) is 5.99. The number of aromatic nitrogens is 3. The Balaban J connectivity index is 1.69. The van der Waals surface area contributed by atoms with Crippen LogP contribution < -0.4 is 10.0 Å². The van der Waals surface area contributed by atoms with Crippen LogP contribution in [0.5, 0.6) is 0 Å². The molecule has 200 valence electrons. The van der Waals surface area contributed by atoms with Crippen LogP contribution >= 0.6 is 11.3 Å².